The average Bonchev–Trinajstić information content (AvgIpc) is 2.32. The van der Waals surface area contributed by atoms with E-state index in [1.807, 2.05) is 6.92 Å². The van der Waals surface area contributed by atoms with Crippen LogP contribution in [0.5, 0.6) is 0 Å². The summed E-state index contributed by atoms with van der Waals surface area (Å²) in [6.07, 6.45) is 2.87. The van der Waals surface area contributed by atoms with Gasteiger partial charge < -0.3 is 5.32 Å². The second-order valence-corrected chi connectivity index (χ2v) is 6.87. The van der Waals surface area contributed by atoms with Gasteiger partial charge in [-0.05, 0) is 26.7 Å². The molecule has 0 aromatic rings. The maximum Gasteiger partial charge on any atom is 0.283 e. The van der Waals surface area contributed by atoms with Crippen LogP contribution in [0.3, 0.4) is 0 Å². The third-order valence-corrected chi connectivity index (χ3v) is 6.00. The van der Waals surface area contributed by atoms with Gasteiger partial charge in [-0.2, -0.15) is 17.0 Å². The maximum atomic E-state index is 12.6. The number of rotatable bonds is 2. The molecule has 104 valence electrons. The molecule has 2 unspecified atom stereocenters. The van der Waals surface area contributed by atoms with Crippen molar-refractivity contribution in [2.45, 2.75) is 45.2 Å². The monoisotopic (exact) mass is 275 g/mol. The molecule has 2 aliphatic rings. The third-order valence-electron chi connectivity index (χ3n) is 3.78. The molecule has 7 heteroatoms. The first kappa shape index (κ1) is 13.8. The van der Waals surface area contributed by atoms with Gasteiger partial charge in [0.1, 0.15) is 6.04 Å². The van der Waals surface area contributed by atoms with Gasteiger partial charge in [0.05, 0.1) is 0 Å². The molecule has 0 radical (unpaired) electrons. The summed E-state index contributed by atoms with van der Waals surface area (Å²) in [5.74, 6) is -0.213. The summed E-state index contributed by atoms with van der Waals surface area (Å²) in [6, 6.07) is -0.584. The largest absolute Gasteiger partial charge is 0.353 e. The lowest BCUT2D eigenvalue weighted by Gasteiger charge is -2.39. The number of hydrogen-bond donors (Lipinski definition) is 1. The van der Waals surface area contributed by atoms with Crippen molar-refractivity contribution in [1.29, 1.82) is 0 Å². The van der Waals surface area contributed by atoms with Gasteiger partial charge in [-0.3, -0.25) is 4.79 Å². The highest BCUT2D eigenvalue weighted by molar-refractivity contribution is 7.86. The molecule has 2 aliphatic heterocycles. The molecule has 0 aromatic carbocycles. The highest BCUT2D eigenvalue weighted by Crippen LogP contribution is 2.24. The number of carbonyl (C=O) groups excluding carboxylic acids is 1. The molecule has 2 saturated heterocycles. The molecule has 0 aromatic heterocycles. The van der Waals surface area contributed by atoms with E-state index in [1.165, 1.54) is 4.31 Å². The number of amides is 1. The van der Waals surface area contributed by atoms with Crippen LogP contribution in [0.4, 0.5) is 0 Å². The Hall–Kier alpha value is -0.660. The van der Waals surface area contributed by atoms with Gasteiger partial charge in [-0.15, -0.1) is 0 Å². The number of piperazine rings is 1. The molecule has 0 saturated carbocycles. The zero-order valence-corrected chi connectivity index (χ0v) is 11.7. The van der Waals surface area contributed by atoms with Crippen molar-refractivity contribution in [2.75, 3.05) is 19.6 Å². The van der Waals surface area contributed by atoms with Crippen molar-refractivity contribution in [3.8, 4) is 0 Å². The van der Waals surface area contributed by atoms with Gasteiger partial charge >= 0.3 is 0 Å². The van der Waals surface area contributed by atoms with Gasteiger partial charge in [0, 0.05) is 25.7 Å². The molecular weight excluding hydrogens is 254 g/mol. The average molecular weight is 275 g/mol. The first-order valence-corrected chi connectivity index (χ1v) is 7.90. The number of nitrogens with one attached hydrogen (secondary N) is 1. The zero-order valence-electron chi connectivity index (χ0n) is 10.9. The second-order valence-electron chi connectivity index (χ2n) is 5.04. The Labute approximate surface area is 109 Å². The van der Waals surface area contributed by atoms with Gasteiger partial charge in [0.15, 0.2) is 0 Å². The summed E-state index contributed by atoms with van der Waals surface area (Å²) >= 11 is 0. The van der Waals surface area contributed by atoms with Crippen LogP contribution in [-0.2, 0) is 15.0 Å². The van der Waals surface area contributed by atoms with Crippen molar-refractivity contribution < 1.29 is 13.2 Å². The van der Waals surface area contributed by atoms with E-state index in [-0.39, 0.29) is 11.9 Å². The van der Waals surface area contributed by atoms with Crippen LogP contribution in [-0.4, -0.2) is 54.7 Å². The minimum absolute atomic E-state index is 0.0286. The minimum Gasteiger partial charge on any atom is -0.353 e. The predicted octanol–water partition coefficient (Wildman–Crippen LogP) is -0.0741. The first-order valence-electron chi connectivity index (χ1n) is 6.51. The summed E-state index contributed by atoms with van der Waals surface area (Å²) in [5.41, 5.74) is 0. The highest BCUT2D eigenvalue weighted by Gasteiger charge is 2.40. The van der Waals surface area contributed by atoms with E-state index in [1.54, 1.807) is 11.2 Å². The topological polar surface area (TPSA) is 69.7 Å². The predicted molar refractivity (Wildman–Crippen MR) is 68.1 cm³/mol. The molecule has 2 rings (SSSR count). The first-order chi connectivity index (χ1) is 8.44. The van der Waals surface area contributed by atoms with Gasteiger partial charge in [0.25, 0.3) is 10.2 Å². The van der Waals surface area contributed by atoms with Gasteiger partial charge in [-0.1, -0.05) is 6.42 Å². The number of carbonyl (C=O) groups is 1. The van der Waals surface area contributed by atoms with Crippen LogP contribution >= 0.6 is 0 Å². The molecule has 1 amide bonds. The molecular formula is C11H21N3O3S. The lowest BCUT2D eigenvalue weighted by atomic mass is 10.1. The number of piperidine rings is 1. The Morgan fingerprint density at radius 3 is 2.56 bits per heavy atom. The highest BCUT2D eigenvalue weighted by atomic mass is 32.2. The summed E-state index contributed by atoms with van der Waals surface area (Å²) in [6.45, 7) is 4.89. The molecule has 2 heterocycles. The van der Waals surface area contributed by atoms with Crippen LogP contribution in [0.1, 0.15) is 33.1 Å². The van der Waals surface area contributed by atoms with E-state index in [0.29, 0.717) is 19.6 Å². The van der Waals surface area contributed by atoms with Crippen molar-refractivity contribution >= 4 is 16.1 Å². The molecule has 1 N–H and O–H groups in total. The van der Waals surface area contributed by atoms with Crippen LogP contribution in [0.25, 0.3) is 0 Å². The van der Waals surface area contributed by atoms with E-state index in [9.17, 15) is 13.2 Å². The third kappa shape index (κ3) is 2.39. The van der Waals surface area contributed by atoms with Crippen molar-refractivity contribution in [3.05, 3.63) is 0 Å². The molecule has 0 spiro atoms. The lowest BCUT2D eigenvalue weighted by Crippen LogP contribution is -2.60. The smallest absolute Gasteiger partial charge is 0.283 e. The normalized spacial score (nSPS) is 32.2. The maximum absolute atomic E-state index is 12.6. The van der Waals surface area contributed by atoms with Crippen molar-refractivity contribution in [2.24, 2.45) is 0 Å². The second kappa shape index (κ2) is 5.14. The molecule has 2 atom stereocenters. The zero-order chi connectivity index (χ0) is 13.3. The Bertz CT molecular complexity index is 423. The minimum atomic E-state index is -3.51. The Balaban J connectivity index is 2.21. The van der Waals surface area contributed by atoms with Crippen LogP contribution in [0.15, 0.2) is 0 Å². The van der Waals surface area contributed by atoms with Crippen LogP contribution < -0.4 is 5.32 Å². The summed E-state index contributed by atoms with van der Waals surface area (Å²) in [4.78, 5) is 11.6. The lowest BCUT2D eigenvalue weighted by molar-refractivity contribution is -0.126. The van der Waals surface area contributed by atoms with Crippen molar-refractivity contribution in [3.63, 3.8) is 0 Å². The van der Waals surface area contributed by atoms with Gasteiger partial charge in [0.2, 0.25) is 5.91 Å². The SMILES string of the molecule is CC1CCCCN1S(=O)(=O)N1CCNC(=O)C1C. The molecule has 2 fully saturated rings. The number of hydrogen-bond acceptors (Lipinski definition) is 3. The standard InChI is InChI=1S/C11H21N3O3S/c1-9-5-3-4-7-13(9)18(16,17)14-8-6-12-11(15)10(14)2/h9-10H,3-8H2,1-2H3,(H,12,15). The quantitative estimate of drug-likeness (QED) is 0.766. The summed E-state index contributed by atoms with van der Waals surface area (Å²) in [5, 5.41) is 2.68. The Morgan fingerprint density at radius 2 is 1.89 bits per heavy atom. The van der Waals surface area contributed by atoms with E-state index < -0.39 is 16.3 Å². The summed E-state index contributed by atoms with van der Waals surface area (Å²) < 4.78 is 28.0. The molecule has 0 aliphatic carbocycles. The van der Waals surface area contributed by atoms with E-state index in [2.05, 4.69) is 5.32 Å². The Kier molecular flexibility index (Phi) is 3.93. The molecule has 0 bridgehead atoms. The van der Waals surface area contributed by atoms with E-state index in [4.69, 9.17) is 0 Å². The molecule has 18 heavy (non-hydrogen) atoms. The summed E-state index contributed by atoms with van der Waals surface area (Å²) in [7, 11) is -3.51. The van der Waals surface area contributed by atoms with Gasteiger partial charge in [-0.25, -0.2) is 0 Å². The van der Waals surface area contributed by atoms with E-state index >= 15 is 0 Å². The number of nitrogens with zero attached hydrogens (tertiary/aromatic N) is 2. The van der Waals surface area contributed by atoms with E-state index in [0.717, 1.165) is 19.3 Å². The van der Waals surface area contributed by atoms with Crippen molar-refractivity contribution in [1.82, 2.24) is 13.9 Å². The van der Waals surface area contributed by atoms with Crippen LogP contribution in [0, 0.1) is 0 Å². The molecule has 6 nitrogen and oxygen atoms in total. The fourth-order valence-corrected chi connectivity index (χ4v) is 4.63. The Morgan fingerprint density at radius 1 is 1.17 bits per heavy atom. The van der Waals surface area contributed by atoms with Crippen LogP contribution in [0.2, 0.25) is 0 Å². The fourth-order valence-electron chi connectivity index (χ4n) is 2.63. The fraction of sp³-hybridized carbons (Fsp3) is 0.909.